The molecule has 3 aromatic rings. The summed E-state index contributed by atoms with van der Waals surface area (Å²) in [4.78, 5) is 2.27. The van der Waals surface area contributed by atoms with Gasteiger partial charge >= 0.3 is 0 Å². The highest BCUT2D eigenvalue weighted by atomic mass is 15.1. The lowest BCUT2D eigenvalue weighted by molar-refractivity contribution is 1.27. The molecule has 0 aliphatic rings. The fraction of sp³-hybridized carbons (Fsp3) is 0.0909. The molecular formula is C22H21N. The zero-order valence-corrected chi connectivity index (χ0v) is 13.7. The first-order valence-electron chi connectivity index (χ1n) is 7.83. The average Bonchev–Trinajstić information content (AvgIpc) is 2.59. The molecule has 0 aliphatic carbocycles. The van der Waals surface area contributed by atoms with Gasteiger partial charge in [0, 0.05) is 17.1 Å². The molecule has 0 aliphatic heterocycles. The molecule has 3 aromatic carbocycles. The van der Waals surface area contributed by atoms with Gasteiger partial charge in [0.25, 0.3) is 0 Å². The molecule has 114 valence electrons. The molecule has 0 amide bonds. The molecular weight excluding hydrogens is 278 g/mol. The first-order chi connectivity index (χ1) is 11.2. The van der Waals surface area contributed by atoms with Crippen molar-refractivity contribution >= 4 is 23.1 Å². The van der Waals surface area contributed by atoms with E-state index < -0.39 is 0 Å². The van der Waals surface area contributed by atoms with Crippen molar-refractivity contribution in [3.8, 4) is 0 Å². The van der Waals surface area contributed by atoms with Crippen molar-refractivity contribution in [2.24, 2.45) is 0 Å². The van der Waals surface area contributed by atoms with Crippen LogP contribution in [0.3, 0.4) is 0 Å². The molecule has 1 heteroatoms. The molecule has 0 unspecified atom stereocenters. The number of benzene rings is 3. The average molecular weight is 299 g/mol. The predicted molar refractivity (Wildman–Crippen MR) is 101 cm³/mol. The lowest BCUT2D eigenvalue weighted by Crippen LogP contribution is -2.10. The van der Waals surface area contributed by atoms with E-state index in [1.807, 2.05) is 6.08 Å². The largest absolute Gasteiger partial charge is 0.310 e. The van der Waals surface area contributed by atoms with Gasteiger partial charge in [0.2, 0.25) is 0 Å². The standard InChI is InChI=1S/C22H21N/c1-4-19-6-5-7-22(16-19)23(20-12-8-17(2)9-13-20)21-14-10-18(3)11-15-21/h4-16H,1H2,2-3H3. The maximum atomic E-state index is 3.88. The summed E-state index contributed by atoms with van der Waals surface area (Å²) in [6.45, 7) is 8.10. The highest BCUT2D eigenvalue weighted by Gasteiger charge is 2.12. The van der Waals surface area contributed by atoms with Crippen LogP contribution in [-0.4, -0.2) is 0 Å². The van der Waals surface area contributed by atoms with E-state index in [9.17, 15) is 0 Å². The first-order valence-corrected chi connectivity index (χ1v) is 7.83. The smallest absolute Gasteiger partial charge is 0.0467 e. The molecule has 3 rings (SSSR count). The predicted octanol–water partition coefficient (Wildman–Crippen LogP) is 6.42. The van der Waals surface area contributed by atoms with Crippen molar-refractivity contribution in [3.63, 3.8) is 0 Å². The van der Waals surface area contributed by atoms with Gasteiger partial charge in [-0.05, 0) is 55.8 Å². The van der Waals surface area contributed by atoms with Gasteiger partial charge in [-0.3, -0.25) is 0 Å². The van der Waals surface area contributed by atoms with E-state index in [1.165, 1.54) is 11.1 Å². The molecule has 0 bridgehead atoms. The molecule has 0 heterocycles. The minimum Gasteiger partial charge on any atom is -0.310 e. The topological polar surface area (TPSA) is 3.24 Å². The maximum Gasteiger partial charge on any atom is 0.0467 e. The molecule has 0 N–H and O–H groups in total. The third-order valence-electron chi connectivity index (χ3n) is 3.95. The van der Waals surface area contributed by atoms with Crippen LogP contribution in [0.4, 0.5) is 17.1 Å². The zero-order chi connectivity index (χ0) is 16.2. The Kier molecular flexibility index (Phi) is 4.29. The van der Waals surface area contributed by atoms with Gasteiger partial charge < -0.3 is 4.90 Å². The summed E-state index contributed by atoms with van der Waals surface area (Å²) in [5, 5.41) is 0. The maximum absolute atomic E-state index is 3.88. The van der Waals surface area contributed by atoms with Crippen molar-refractivity contribution in [1.82, 2.24) is 0 Å². The van der Waals surface area contributed by atoms with Crippen LogP contribution < -0.4 is 4.90 Å². The van der Waals surface area contributed by atoms with Gasteiger partial charge in [-0.15, -0.1) is 0 Å². The lowest BCUT2D eigenvalue weighted by atomic mass is 10.1. The Labute approximate surface area is 138 Å². The first kappa shape index (κ1) is 15.1. The molecule has 0 radical (unpaired) electrons. The van der Waals surface area contributed by atoms with Crippen molar-refractivity contribution in [1.29, 1.82) is 0 Å². The summed E-state index contributed by atoms with van der Waals surface area (Å²) in [5.41, 5.74) is 7.08. The molecule has 23 heavy (non-hydrogen) atoms. The van der Waals surface area contributed by atoms with Crippen molar-refractivity contribution < 1.29 is 0 Å². The Morgan fingerprint density at radius 3 is 1.70 bits per heavy atom. The van der Waals surface area contributed by atoms with E-state index in [2.05, 4.69) is 98.1 Å². The number of hydrogen-bond donors (Lipinski definition) is 0. The third kappa shape index (κ3) is 3.35. The Morgan fingerprint density at radius 1 is 0.696 bits per heavy atom. The second-order valence-electron chi connectivity index (χ2n) is 5.81. The molecule has 0 saturated carbocycles. The SMILES string of the molecule is C=Cc1cccc(N(c2ccc(C)cc2)c2ccc(C)cc2)c1. The Balaban J connectivity index is 2.14. The lowest BCUT2D eigenvalue weighted by Gasteiger charge is -2.26. The summed E-state index contributed by atoms with van der Waals surface area (Å²) in [6.07, 6.45) is 1.88. The van der Waals surface area contributed by atoms with Crippen LogP contribution in [0.15, 0.2) is 79.4 Å². The van der Waals surface area contributed by atoms with Crippen molar-refractivity contribution in [3.05, 3.63) is 96.1 Å². The van der Waals surface area contributed by atoms with Gasteiger partial charge in [0.1, 0.15) is 0 Å². The second-order valence-corrected chi connectivity index (χ2v) is 5.81. The highest BCUT2D eigenvalue weighted by Crippen LogP contribution is 2.35. The van der Waals surface area contributed by atoms with E-state index in [1.54, 1.807) is 0 Å². The van der Waals surface area contributed by atoms with Crippen LogP contribution in [0.25, 0.3) is 6.08 Å². The van der Waals surface area contributed by atoms with Crippen molar-refractivity contribution in [2.75, 3.05) is 4.90 Å². The molecule has 0 aromatic heterocycles. The zero-order valence-electron chi connectivity index (χ0n) is 13.7. The molecule has 0 fully saturated rings. The van der Waals surface area contributed by atoms with Crippen LogP contribution in [0.5, 0.6) is 0 Å². The molecule has 0 spiro atoms. The fourth-order valence-corrected chi connectivity index (χ4v) is 2.63. The van der Waals surface area contributed by atoms with Crippen LogP contribution in [0.1, 0.15) is 16.7 Å². The second kappa shape index (κ2) is 6.53. The number of anilines is 3. The minimum atomic E-state index is 1.12. The Bertz CT molecular complexity index is 753. The van der Waals surface area contributed by atoms with Crippen molar-refractivity contribution in [2.45, 2.75) is 13.8 Å². The number of rotatable bonds is 4. The summed E-state index contributed by atoms with van der Waals surface area (Å²) >= 11 is 0. The Morgan fingerprint density at radius 2 is 1.22 bits per heavy atom. The molecule has 0 atom stereocenters. The summed E-state index contributed by atoms with van der Waals surface area (Å²) in [7, 11) is 0. The van der Waals surface area contributed by atoms with E-state index >= 15 is 0 Å². The summed E-state index contributed by atoms with van der Waals surface area (Å²) in [5.74, 6) is 0. The van der Waals surface area contributed by atoms with Crippen LogP contribution in [-0.2, 0) is 0 Å². The van der Waals surface area contributed by atoms with Gasteiger partial charge in [-0.2, -0.15) is 0 Å². The van der Waals surface area contributed by atoms with E-state index in [0.717, 1.165) is 22.6 Å². The number of nitrogens with zero attached hydrogens (tertiary/aromatic N) is 1. The number of aryl methyl sites for hydroxylation is 2. The van der Waals surface area contributed by atoms with Gasteiger partial charge in [0.15, 0.2) is 0 Å². The molecule has 0 saturated heterocycles. The summed E-state index contributed by atoms with van der Waals surface area (Å²) in [6, 6.07) is 25.7. The van der Waals surface area contributed by atoms with Crippen LogP contribution >= 0.6 is 0 Å². The number of hydrogen-bond acceptors (Lipinski definition) is 1. The monoisotopic (exact) mass is 299 g/mol. The van der Waals surface area contributed by atoms with Gasteiger partial charge in [-0.25, -0.2) is 0 Å². The van der Waals surface area contributed by atoms with Crippen LogP contribution in [0.2, 0.25) is 0 Å². The van der Waals surface area contributed by atoms with E-state index in [-0.39, 0.29) is 0 Å². The third-order valence-corrected chi connectivity index (χ3v) is 3.95. The van der Waals surface area contributed by atoms with Crippen LogP contribution in [0, 0.1) is 13.8 Å². The normalized spacial score (nSPS) is 10.3. The minimum absolute atomic E-state index is 1.12. The quantitative estimate of drug-likeness (QED) is 0.537. The fourth-order valence-electron chi connectivity index (χ4n) is 2.63. The molecule has 1 nitrogen and oxygen atoms in total. The van der Waals surface area contributed by atoms with Gasteiger partial charge in [-0.1, -0.05) is 60.2 Å². The summed E-state index contributed by atoms with van der Waals surface area (Å²) < 4.78 is 0. The van der Waals surface area contributed by atoms with Gasteiger partial charge in [0.05, 0.1) is 0 Å². The van der Waals surface area contributed by atoms with E-state index in [4.69, 9.17) is 0 Å². The highest BCUT2D eigenvalue weighted by molar-refractivity contribution is 5.77. The van der Waals surface area contributed by atoms with E-state index in [0.29, 0.717) is 0 Å². The Hall–Kier alpha value is -2.80.